The van der Waals surface area contributed by atoms with E-state index in [9.17, 15) is 19.0 Å². The Morgan fingerprint density at radius 2 is 0.965 bits per heavy atom. The van der Waals surface area contributed by atoms with Crippen molar-refractivity contribution in [2.45, 2.75) is 193 Å². The fourth-order valence-corrected chi connectivity index (χ4v) is 6.73. The topological polar surface area (TPSA) is 111 Å². The molecule has 0 spiro atoms. The Kier molecular flexibility index (Phi) is 38.0. The van der Waals surface area contributed by atoms with E-state index in [2.05, 4.69) is 62.5 Å². The average Bonchev–Trinajstić information content (AvgIpc) is 3.16. The summed E-state index contributed by atoms with van der Waals surface area (Å²) in [6.45, 7) is 4.14. The molecule has 0 N–H and O–H groups in total. The van der Waals surface area contributed by atoms with Crippen molar-refractivity contribution in [3.05, 3.63) is 48.6 Å². The molecule has 0 aromatic heterocycles. The summed E-state index contributed by atoms with van der Waals surface area (Å²) in [4.78, 5) is 37.5. The van der Waals surface area contributed by atoms with E-state index in [1.807, 2.05) is 21.1 Å². The van der Waals surface area contributed by atoms with Crippen LogP contribution in [0.25, 0.3) is 0 Å². The lowest BCUT2D eigenvalue weighted by atomic mass is 10.0. The highest BCUT2D eigenvalue weighted by atomic mass is 31.2. The van der Waals surface area contributed by atoms with E-state index >= 15 is 0 Å². The molecule has 1 unspecified atom stereocenters. The molecule has 57 heavy (non-hydrogen) atoms. The number of carbonyl (C=O) groups is 2. The van der Waals surface area contributed by atoms with Gasteiger partial charge >= 0.3 is 11.9 Å². The number of phosphoric acid groups is 1. The van der Waals surface area contributed by atoms with E-state index in [0.29, 0.717) is 23.9 Å². The number of esters is 2. The van der Waals surface area contributed by atoms with Crippen LogP contribution >= 0.6 is 7.82 Å². The number of hydrogen-bond donors (Lipinski definition) is 0. The molecule has 2 atom stereocenters. The van der Waals surface area contributed by atoms with Crippen molar-refractivity contribution in [1.82, 2.24) is 0 Å². The first kappa shape index (κ1) is 55.0. The Morgan fingerprint density at radius 3 is 1.46 bits per heavy atom. The number of allylic oxidation sites excluding steroid dienone is 8. The molecule has 0 radical (unpaired) electrons. The maximum absolute atomic E-state index is 12.7. The summed E-state index contributed by atoms with van der Waals surface area (Å²) in [5.74, 6) is -0.897. The third-order valence-corrected chi connectivity index (χ3v) is 10.6. The van der Waals surface area contributed by atoms with Crippen LogP contribution in [0.4, 0.5) is 0 Å². The van der Waals surface area contributed by atoms with Gasteiger partial charge in [0.25, 0.3) is 7.82 Å². The number of ether oxygens (including phenoxy) is 2. The molecule has 0 saturated heterocycles. The molecule has 0 aromatic rings. The van der Waals surface area contributed by atoms with Crippen molar-refractivity contribution < 1.29 is 42.1 Å². The summed E-state index contributed by atoms with van der Waals surface area (Å²) >= 11 is 0. The summed E-state index contributed by atoms with van der Waals surface area (Å²) in [6.07, 6.45) is 45.7. The lowest BCUT2D eigenvalue weighted by Gasteiger charge is -2.28. The van der Waals surface area contributed by atoms with E-state index in [1.54, 1.807) is 0 Å². The fraction of sp³-hybridized carbons (Fsp3) is 0.787. The first-order valence-corrected chi connectivity index (χ1v) is 24.3. The first-order chi connectivity index (χ1) is 27.5. The highest BCUT2D eigenvalue weighted by Gasteiger charge is 2.21. The smallest absolute Gasteiger partial charge is 0.306 e. The average molecular weight is 824 g/mol. The second kappa shape index (κ2) is 39.4. The molecule has 0 aliphatic heterocycles. The van der Waals surface area contributed by atoms with Crippen molar-refractivity contribution in [3.63, 3.8) is 0 Å². The second-order valence-electron chi connectivity index (χ2n) is 16.4. The molecule has 9 nitrogen and oxygen atoms in total. The molecule has 0 heterocycles. The van der Waals surface area contributed by atoms with Gasteiger partial charge in [-0.05, 0) is 51.4 Å². The number of unbranched alkanes of at least 4 members (excludes halogenated alkanes) is 19. The van der Waals surface area contributed by atoms with Crippen molar-refractivity contribution in [1.29, 1.82) is 0 Å². The minimum absolute atomic E-state index is 0.0393. The van der Waals surface area contributed by atoms with Gasteiger partial charge in [-0.2, -0.15) is 0 Å². The Balaban J connectivity index is 4.42. The molecule has 0 aliphatic carbocycles. The van der Waals surface area contributed by atoms with E-state index in [-0.39, 0.29) is 26.1 Å². The van der Waals surface area contributed by atoms with Gasteiger partial charge in [-0.1, -0.05) is 172 Å². The molecule has 332 valence electrons. The summed E-state index contributed by atoms with van der Waals surface area (Å²) in [6, 6.07) is 0. The third kappa shape index (κ3) is 43.4. The quantitative estimate of drug-likeness (QED) is 0.0197. The van der Waals surface area contributed by atoms with Crippen LogP contribution in [0.2, 0.25) is 0 Å². The Morgan fingerprint density at radius 1 is 0.544 bits per heavy atom. The standard InChI is InChI=1S/C47H86NO8P/c1-6-8-10-12-14-16-18-20-22-24-26-27-29-31-33-35-37-39-46(49)53-43-45(44-55-57(51,52)54-42-41-48(3,4)5)56-47(50)40-38-36-34-32-30-28-25-23-21-19-17-15-13-11-9-7-2/h14,16,20,22,26-27,31,33,45H,6-13,15,17-19,21,23-25,28-30,32,34-44H2,1-5H3/b16-14-,22-20-,27-26-,33-31-/t45-/m1/s1. The number of likely N-dealkylation sites (N-methyl/N-ethyl adjacent to an activating group) is 1. The van der Waals surface area contributed by atoms with E-state index in [1.165, 1.54) is 103 Å². The van der Waals surface area contributed by atoms with E-state index in [4.69, 9.17) is 18.5 Å². The maximum atomic E-state index is 12.7. The molecule has 0 saturated carbocycles. The van der Waals surface area contributed by atoms with Crippen LogP contribution in [0, 0.1) is 0 Å². The summed E-state index contributed by atoms with van der Waals surface area (Å²) in [5.41, 5.74) is 0. The van der Waals surface area contributed by atoms with Gasteiger partial charge in [-0.15, -0.1) is 0 Å². The fourth-order valence-electron chi connectivity index (χ4n) is 6.00. The summed E-state index contributed by atoms with van der Waals surface area (Å²) < 4.78 is 33.9. The molecular formula is C47H86NO8P. The van der Waals surface area contributed by atoms with Crippen LogP contribution in [0.5, 0.6) is 0 Å². The summed E-state index contributed by atoms with van der Waals surface area (Å²) in [5, 5.41) is 0. The zero-order valence-corrected chi connectivity index (χ0v) is 38.2. The van der Waals surface area contributed by atoms with Crippen LogP contribution < -0.4 is 4.89 Å². The van der Waals surface area contributed by atoms with Gasteiger partial charge in [0.05, 0.1) is 27.7 Å². The van der Waals surface area contributed by atoms with E-state index in [0.717, 1.165) is 44.9 Å². The molecule has 0 rings (SSSR count). The van der Waals surface area contributed by atoms with Crippen molar-refractivity contribution in [2.24, 2.45) is 0 Å². The highest BCUT2D eigenvalue weighted by molar-refractivity contribution is 7.45. The van der Waals surface area contributed by atoms with Gasteiger partial charge in [0, 0.05) is 12.8 Å². The second-order valence-corrected chi connectivity index (χ2v) is 17.8. The molecular weight excluding hydrogens is 737 g/mol. The summed E-state index contributed by atoms with van der Waals surface area (Å²) in [7, 11) is 1.14. The lowest BCUT2D eigenvalue weighted by molar-refractivity contribution is -0.870. The van der Waals surface area contributed by atoms with Gasteiger partial charge in [0.1, 0.15) is 19.8 Å². The lowest BCUT2D eigenvalue weighted by Crippen LogP contribution is -2.37. The molecule has 0 aliphatic rings. The molecule has 0 bridgehead atoms. The predicted molar refractivity (Wildman–Crippen MR) is 236 cm³/mol. The van der Waals surface area contributed by atoms with Gasteiger partial charge in [0.2, 0.25) is 0 Å². The number of nitrogens with zero attached hydrogens (tertiary/aromatic N) is 1. The maximum Gasteiger partial charge on any atom is 0.306 e. The van der Waals surface area contributed by atoms with Gasteiger partial charge < -0.3 is 27.9 Å². The van der Waals surface area contributed by atoms with Crippen LogP contribution in [0.15, 0.2) is 48.6 Å². The van der Waals surface area contributed by atoms with Gasteiger partial charge in [-0.3, -0.25) is 14.2 Å². The first-order valence-electron chi connectivity index (χ1n) is 22.8. The number of rotatable bonds is 41. The Labute approximate surface area is 350 Å². The Hall–Kier alpha value is -2.03. The Bertz CT molecular complexity index is 1110. The molecule has 0 amide bonds. The molecule has 10 heteroatoms. The number of hydrogen-bond acceptors (Lipinski definition) is 8. The van der Waals surface area contributed by atoms with Crippen molar-refractivity contribution >= 4 is 19.8 Å². The molecule has 0 fully saturated rings. The molecule has 0 aromatic carbocycles. The zero-order valence-electron chi connectivity index (χ0n) is 37.3. The van der Waals surface area contributed by atoms with Crippen LogP contribution in [-0.2, 0) is 32.7 Å². The minimum atomic E-state index is -4.64. The number of phosphoric ester groups is 1. The predicted octanol–water partition coefficient (Wildman–Crippen LogP) is 12.4. The van der Waals surface area contributed by atoms with Crippen LogP contribution in [-0.4, -0.2) is 70.0 Å². The monoisotopic (exact) mass is 824 g/mol. The van der Waals surface area contributed by atoms with Gasteiger partial charge in [-0.25, -0.2) is 0 Å². The SMILES string of the molecule is CCCCC/C=C\C/C=C\C/C=C\C/C=C\CCCC(=O)OC[C@H](COP(=O)([O-])OCC[N+](C)(C)C)OC(=O)CCCCCCCCCCCCCCCCCC. The third-order valence-electron chi connectivity index (χ3n) is 9.60. The zero-order chi connectivity index (χ0) is 42.1. The minimum Gasteiger partial charge on any atom is -0.756 e. The van der Waals surface area contributed by atoms with Crippen molar-refractivity contribution in [2.75, 3.05) is 47.5 Å². The normalized spacial score (nSPS) is 14.0. The van der Waals surface area contributed by atoms with Crippen molar-refractivity contribution in [3.8, 4) is 0 Å². The largest absolute Gasteiger partial charge is 0.756 e. The van der Waals surface area contributed by atoms with E-state index < -0.39 is 32.5 Å². The number of carbonyl (C=O) groups excluding carboxylic acids is 2. The number of quaternary nitrogens is 1. The van der Waals surface area contributed by atoms with Gasteiger partial charge in [0.15, 0.2) is 6.10 Å². The van der Waals surface area contributed by atoms with Crippen LogP contribution in [0.1, 0.15) is 187 Å². The van der Waals surface area contributed by atoms with Crippen LogP contribution in [0.3, 0.4) is 0 Å². The highest BCUT2D eigenvalue weighted by Crippen LogP contribution is 2.38.